The molecule has 0 aromatic carbocycles. The molecule has 2 heterocycles. The maximum absolute atomic E-state index is 10.9. The minimum Gasteiger partial charge on any atom is -0.465 e. The zero-order valence-corrected chi connectivity index (χ0v) is 10.0. The molecule has 19 heavy (non-hydrogen) atoms. The van der Waals surface area contributed by atoms with E-state index in [0.717, 1.165) is 12.4 Å². The minimum atomic E-state index is -0.692. The van der Waals surface area contributed by atoms with Crippen LogP contribution in [0.15, 0.2) is 49.0 Å². The van der Waals surface area contributed by atoms with Gasteiger partial charge in [0.1, 0.15) is 0 Å². The molecule has 6 heteroatoms. The minimum absolute atomic E-state index is 0.0346. The Balaban J connectivity index is 0.000000231. The molecule has 98 valence electrons. The number of hydrogen-bond donors (Lipinski definition) is 1. The lowest BCUT2D eigenvalue weighted by atomic mass is 10.3. The molecule has 0 saturated carbocycles. The number of hydrogen-bond acceptors (Lipinski definition) is 5. The van der Waals surface area contributed by atoms with E-state index in [1.165, 1.54) is 19.2 Å². The molecule has 0 bridgehead atoms. The molecule has 0 saturated heterocycles. The van der Waals surface area contributed by atoms with E-state index >= 15 is 0 Å². The highest BCUT2D eigenvalue weighted by Crippen LogP contribution is 1.96. The number of methoxy groups -OCH3 is 1. The summed E-state index contributed by atoms with van der Waals surface area (Å²) in [5, 5.41) is 0. The van der Waals surface area contributed by atoms with Crippen molar-refractivity contribution < 1.29 is 19.8 Å². The molecule has 1 amide bonds. The van der Waals surface area contributed by atoms with Crippen LogP contribution in [0.2, 0.25) is 0 Å². The van der Waals surface area contributed by atoms with Gasteiger partial charge >= 0.3 is 5.97 Å². The maximum atomic E-state index is 10.9. The van der Waals surface area contributed by atoms with Crippen molar-refractivity contribution in [1.82, 2.24) is 9.97 Å². The van der Waals surface area contributed by atoms with Crippen molar-refractivity contribution in [3.63, 3.8) is 0 Å². The number of carbonyl (C=O) groups excluding carboxylic acids is 2. The molecule has 2 rings (SSSR count). The Morgan fingerprint density at radius 2 is 1.68 bits per heavy atom. The highest BCUT2D eigenvalue weighted by atomic mass is 16.5. The quantitative estimate of drug-likeness (QED) is 0.817. The van der Waals surface area contributed by atoms with Crippen molar-refractivity contribution in [2.24, 2.45) is 5.73 Å². The lowest BCUT2D eigenvalue weighted by Crippen LogP contribution is -2.10. The summed E-state index contributed by atoms with van der Waals surface area (Å²) in [4.78, 5) is 28.5. The Bertz CT molecular complexity index is 740. The van der Waals surface area contributed by atoms with Crippen molar-refractivity contribution >= 4 is 11.9 Å². The van der Waals surface area contributed by atoms with Crippen LogP contribution in [0.5, 0.6) is 0 Å². The van der Waals surface area contributed by atoms with Gasteiger partial charge < -0.3 is 10.5 Å². The number of carbonyl (C=O) groups is 2. The second-order valence-corrected chi connectivity index (χ2v) is 3.04. The van der Waals surface area contributed by atoms with Crippen molar-refractivity contribution in [2.75, 3.05) is 7.11 Å². The molecule has 2 aromatic heterocycles. The van der Waals surface area contributed by atoms with Gasteiger partial charge in [-0.25, -0.2) is 4.79 Å². The van der Waals surface area contributed by atoms with Gasteiger partial charge in [0.15, 0.2) is 0 Å². The van der Waals surface area contributed by atoms with E-state index in [-0.39, 0.29) is 35.6 Å². The molecule has 6 nitrogen and oxygen atoms in total. The fourth-order valence-electron chi connectivity index (χ4n) is 0.929. The summed E-state index contributed by atoms with van der Waals surface area (Å²) in [6.45, 7) is 0. The second kappa shape index (κ2) is 7.54. The number of esters is 1. The second-order valence-electron chi connectivity index (χ2n) is 3.04. The third-order valence-electron chi connectivity index (χ3n) is 1.79. The fourth-order valence-corrected chi connectivity index (χ4v) is 0.929. The lowest BCUT2D eigenvalue weighted by molar-refractivity contribution is 0.0600. The molecule has 2 aromatic rings. The first-order valence-electron chi connectivity index (χ1n) is 7.00. The molecular formula is C13H13N3O3. The van der Waals surface area contributed by atoms with Gasteiger partial charge in [0.25, 0.3) is 0 Å². The molecule has 0 aliphatic carbocycles. The summed E-state index contributed by atoms with van der Waals surface area (Å²) in [6, 6.07) is 2.26. The maximum Gasteiger partial charge on any atom is 0.339 e. The Morgan fingerprint density at radius 1 is 1.16 bits per heavy atom. The van der Waals surface area contributed by atoms with Gasteiger partial charge in [-0.1, -0.05) is 0 Å². The van der Waals surface area contributed by atoms with Gasteiger partial charge in [0, 0.05) is 24.7 Å². The zero-order valence-electron chi connectivity index (χ0n) is 14.0. The summed E-state index contributed by atoms with van der Waals surface area (Å²) in [5.41, 5.74) is 5.02. The van der Waals surface area contributed by atoms with Gasteiger partial charge in [0.2, 0.25) is 5.91 Å². The summed E-state index contributed by atoms with van der Waals surface area (Å²) in [7, 11) is 1.23. The van der Waals surface area contributed by atoms with Crippen molar-refractivity contribution in [1.29, 1.82) is 0 Å². The lowest BCUT2D eigenvalue weighted by Gasteiger charge is -1.94. The molecule has 2 N–H and O–H groups in total. The summed E-state index contributed by atoms with van der Waals surface area (Å²) in [5.74, 6) is -1.30. The summed E-state index contributed by atoms with van der Waals surface area (Å²) < 4.78 is 32.9. The highest BCUT2D eigenvalue weighted by molar-refractivity contribution is 5.92. The smallest absolute Gasteiger partial charge is 0.339 e. The first-order chi connectivity index (χ1) is 10.8. The monoisotopic (exact) mass is 263 g/mol. The average Bonchev–Trinajstić information content (AvgIpc) is 2.46. The van der Waals surface area contributed by atoms with Crippen LogP contribution in [-0.2, 0) is 4.74 Å². The molecule has 0 fully saturated rings. The Morgan fingerprint density at radius 3 is 2.11 bits per heavy atom. The molecule has 0 radical (unpaired) electrons. The number of nitrogens with zero attached hydrogens (tertiary/aromatic N) is 2. The van der Waals surface area contributed by atoms with Crippen LogP contribution < -0.4 is 5.73 Å². The van der Waals surface area contributed by atoms with Crippen molar-refractivity contribution in [3.05, 3.63) is 60.1 Å². The van der Waals surface area contributed by atoms with Crippen LogP contribution in [0.4, 0.5) is 0 Å². The first-order valence-corrected chi connectivity index (χ1v) is 5.00. The van der Waals surface area contributed by atoms with Crippen LogP contribution in [0, 0.1) is 0 Å². The van der Waals surface area contributed by atoms with Gasteiger partial charge in [-0.2, -0.15) is 0 Å². The van der Waals surface area contributed by atoms with Crippen molar-refractivity contribution in [2.45, 2.75) is 0 Å². The largest absolute Gasteiger partial charge is 0.465 e. The number of nitrogens with two attached hydrogens (primary N) is 1. The fraction of sp³-hybridized carbons (Fsp3) is 0.0769. The normalized spacial score (nSPS) is 11.8. The molecule has 0 aliphatic rings. The average molecular weight is 263 g/mol. The predicted molar refractivity (Wildman–Crippen MR) is 68.3 cm³/mol. The topological polar surface area (TPSA) is 95.2 Å². The third kappa shape index (κ3) is 4.95. The van der Waals surface area contributed by atoms with Gasteiger partial charge in [-0.15, -0.1) is 0 Å². The molecule has 0 unspecified atom stereocenters. The number of rotatable bonds is 2. The molecule has 0 aliphatic heterocycles. The van der Waals surface area contributed by atoms with Gasteiger partial charge in [-0.3, -0.25) is 14.8 Å². The van der Waals surface area contributed by atoms with E-state index in [2.05, 4.69) is 14.7 Å². The number of aromatic nitrogens is 2. The molecule has 0 atom stereocenters. The number of pyridine rings is 2. The number of amides is 1. The summed E-state index contributed by atoms with van der Waals surface area (Å²) in [6.07, 6.45) is 2.22. The Kier molecular flexibility index (Phi) is 3.66. The predicted octanol–water partition coefficient (Wildman–Crippen LogP) is 1.05. The first kappa shape index (κ1) is 9.21. The van der Waals surface area contributed by atoms with E-state index in [1.807, 2.05) is 0 Å². The van der Waals surface area contributed by atoms with E-state index < -0.39 is 11.9 Å². The van der Waals surface area contributed by atoms with Crippen LogP contribution in [0.1, 0.15) is 26.2 Å². The van der Waals surface area contributed by atoms with E-state index in [4.69, 9.17) is 11.2 Å². The van der Waals surface area contributed by atoms with E-state index in [1.54, 1.807) is 0 Å². The standard InChI is InChI=1S/C7H7NO2.C6H6N2O/c1-10-7(9)6-3-2-4-8-5-6;7-6(9)5-2-1-3-8-4-5/h2-5H,1H3;1-4H,(H2,7,9)/i3D,4D;2D,3D. The summed E-state index contributed by atoms with van der Waals surface area (Å²) >= 11 is 0. The molecular weight excluding hydrogens is 246 g/mol. The van der Waals surface area contributed by atoms with Gasteiger partial charge in [-0.05, 0) is 24.2 Å². The Hall–Kier alpha value is -2.76. The Labute approximate surface area is 115 Å². The van der Waals surface area contributed by atoms with Crippen LogP contribution in [0.3, 0.4) is 0 Å². The van der Waals surface area contributed by atoms with Crippen molar-refractivity contribution in [3.8, 4) is 0 Å². The SMILES string of the molecule is [2H]c1cc([2H])c(C(=O)OC)cn1.[2H]c1cc([2H])c(C(N)=O)cn1. The molecule has 0 spiro atoms. The number of primary amides is 1. The third-order valence-corrected chi connectivity index (χ3v) is 1.79. The van der Waals surface area contributed by atoms with Gasteiger partial charge in [0.05, 0.1) is 23.7 Å². The van der Waals surface area contributed by atoms with Crippen LogP contribution in [-0.4, -0.2) is 29.0 Å². The highest BCUT2D eigenvalue weighted by Gasteiger charge is 2.01. The van der Waals surface area contributed by atoms with E-state index in [9.17, 15) is 9.59 Å². The van der Waals surface area contributed by atoms with E-state index in [0.29, 0.717) is 0 Å². The van der Waals surface area contributed by atoms with Crippen LogP contribution in [0.25, 0.3) is 0 Å². The van der Waals surface area contributed by atoms with Crippen LogP contribution >= 0.6 is 0 Å². The zero-order chi connectivity index (χ0) is 17.6. The number of ether oxygens (including phenoxy) is 1.